The Bertz CT molecular complexity index is 3080. The van der Waals surface area contributed by atoms with Crippen molar-refractivity contribution in [1.29, 1.82) is 5.26 Å². The van der Waals surface area contributed by atoms with Gasteiger partial charge in [0.1, 0.15) is 0 Å². The zero-order valence-electron chi connectivity index (χ0n) is 37.7. The minimum atomic E-state index is -4.64. The average molecular weight is 827 g/mol. The summed E-state index contributed by atoms with van der Waals surface area (Å²) < 4.78 is 46.5. The van der Waals surface area contributed by atoms with Gasteiger partial charge in [-0.05, 0) is 128 Å². The Balaban J connectivity index is 1.58. The zero-order valence-corrected chi connectivity index (χ0v) is 37.7. The predicted molar refractivity (Wildman–Crippen MR) is 251 cm³/mol. The van der Waals surface area contributed by atoms with Gasteiger partial charge in [-0.15, -0.1) is 0 Å². The van der Waals surface area contributed by atoms with E-state index in [2.05, 4.69) is 170 Å². The molecule has 6 aromatic carbocycles. The molecule has 0 radical (unpaired) electrons. The molecule has 0 fully saturated rings. The van der Waals surface area contributed by atoms with Crippen molar-refractivity contribution < 1.29 is 13.2 Å². The van der Waals surface area contributed by atoms with Gasteiger partial charge in [0.05, 0.1) is 57.2 Å². The molecule has 0 amide bonds. The Labute approximate surface area is 363 Å². The van der Waals surface area contributed by atoms with Crippen LogP contribution in [0, 0.1) is 17.9 Å². The summed E-state index contributed by atoms with van der Waals surface area (Å²) in [6.07, 6.45) is -4.64. The summed E-state index contributed by atoms with van der Waals surface area (Å²) >= 11 is 0. The van der Waals surface area contributed by atoms with E-state index >= 15 is 0 Å². The number of halogens is 3. The molecule has 0 aliphatic carbocycles. The zero-order chi connectivity index (χ0) is 45.1. The molecule has 0 aliphatic rings. The summed E-state index contributed by atoms with van der Waals surface area (Å²) in [5, 5.41) is 14.7. The lowest BCUT2D eigenvalue weighted by atomic mass is 9.85. The Kier molecular flexibility index (Phi) is 9.65. The van der Waals surface area contributed by atoms with Crippen molar-refractivity contribution in [3.8, 4) is 28.6 Å². The summed E-state index contributed by atoms with van der Waals surface area (Å²) in [6, 6.07) is 35.5. The van der Waals surface area contributed by atoms with Crippen LogP contribution in [0.5, 0.6) is 0 Å². The highest BCUT2D eigenvalue weighted by atomic mass is 19.4. The molecule has 0 N–H and O–H groups in total. The van der Waals surface area contributed by atoms with Gasteiger partial charge >= 0.3 is 6.18 Å². The lowest BCUT2D eigenvalue weighted by Crippen LogP contribution is -2.11. The summed E-state index contributed by atoms with van der Waals surface area (Å²) in [5.41, 5.74) is 9.33. The number of hydrogen-bond donors (Lipinski definition) is 0. The molecule has 0 saturated carbocycles. The van der Waals surface area contributed by atoms with Crippen molar-refractivity contribution >= 4 is 49.3 Å². The quantitative estimate of drug-likeness (QED) is 0.164. The van der Waals surface area contributed by atoms with Gasteiger partial charge in [-0.3, -0.25) is 0 Å². The van der Waals surface area contributed by atoms with Crippen LogP contribution in [-0.4, -0.2) is 9.13 Å². The number of alkyl halides is 3. The summed E-state index contributed by atoms with van der Waals surface area (Å²) in [7, 11) is 0. The first-order chi connectivity index (χ1) is 28.8. The number of nitrogens with zero attached hydrogens (tertiary/aromatic N) is 4. The van der Waals surface area contributed by atoms with E-state index in [4.69, 9.17) is 6.57 Å². The van der Waals surface area contributed by atoms with Crippen LogP contribution in [0.1, 0.15) is 116 Å². The molecule has 8 aromatic rings. The third-order valence-corrected chi connectivity index (χ3v) is 12.4. The molecule has 2 heterocycles. The SMILES string of the molecule is [C-]#[N+]c1cc(-n2c3ccc(C(C)(C)C)cc3c3cc(C(C)(C)C)ccc32)c(-n2c3ccc(C(C)(C)C)cc3c3cc(C(C)(C)C)ccc32)cc1-c1ccc(C(F)(F)F)cc1C#N. The Morgan fingerprint density at radius 2 is 0.790 bits per heavy atom. The topological polar surface area (TPSA) is 38.0 Å². The molecule has 0 spiro atoms. The lowest BCUT2D eigenvalue weighted by Gasteiger charge is -2.22. The van der Waals surface area contributed by atoms with Gasteiger partial charge in [0.15, 0.2) is 5.69 Å². The predicted octanol–water partition coefficient (Wildman–Crippen LogP) is 16.2. The first kappa shape index (κ1) is 42.4. The minimum Gasteiger partial charge on any atom is -0.308 e. The van der Waals surface area contributed by atoms with Gasteiger partial charge in [-0.1, -0.05) is 113 Å². The van der Waals surface area contributed by atoms with Crippen LogP contribution in [0.25, 0.3) is 71.0 Å². The van der Waals surface area contributed by atoms with E-state index < -0.39 is 11.7 Å². The third kappa shape index (κ3) is 7.12. The number of hydrogen-bond acceptors (Lipinski definition) is 1. The molecule has 0 unspecified atom stereocenters. The van der Waals surface area contributed by atoms with Crippen molar-refractivity contribution in [3.63, 3.8) is 0 Å². The molecule has 0 atom stereocenters. The van der Waals surface area contributed by atoms with Crippen LogP contribution in [0.15, 0.2) is 103 Å². The first-order valence-electron chi connectivity index (χ1n) is 21.2. The van der Waals surface area contributed by atoms with Crippen molar-refractivity contribution in [2.24, 2.45) is 0 Å². The van der Waals surface area contributed by atoms with Gasteiger partial charge in [0, 0.05) is 21.5 Å². The van der Waals surface area contributed by atoms with Crippen molar-refractivity contribution in [2.45, 2.75) is 111 Å². The van der Waals surface area contributed by atoms with Gasteiger partial charge in [0.25, 0.3) is 0 Å². The molecule has 62 heavy (non-hydrogen) atoms. The second kappa shape index (κ2) is 14.1. The Hall–Kier alpha value is -6.31. The highest BCUT2D eigenvalue weighted by molar-refractivity contribution is 6.12. The fraction of sp³-hybridized carbons (Fsp3) is 0.309. The standard InChI is InChI=1S/C55H53F3N4/c1-51(2,3)33-15-20-45-40(25-33)41-26-34(52(4,5)6)16-21-46(41)61(45)49-29-39(38-19-14-37(55(56,57)58)24-32(38)31-59)44(60-13)30-50(49)62-47-22-17-35(53(7,8)9)27-42(47)43-28-36(54(10,11)12)18-23-48(43)62/h14-30H,1-12H3. The van der Waals surface area contributed by atoms with E-state index in [1.165, 1.54) is 28.3 Å². The summed E-state index contributed by atoms with van der Waals surface area (Å²) in [4.78, 5) is 4.04. The molecule has 4 nitrogen and oxygen atoms in total. The van der Waals surface area contributed by atoms with Crippen LogP contribution in [0.4, 0.5) is 18.9 Å². The molecule has 314 valence electrons. The van der Waals surface area contributed by atoms with Crippen LogP contribution >= 0.6 is 0 Å². The summed E-state index contributed by atoms with van der Waals surface area (Å²) in [5.74, 6) is 0. The molecule has 0 saturated heterocycles. The first-order valence-corrected chi connectivity index (χ1v) is 21.2. The smallest absolute Gasteiger partial charge is 0.308 e. The third-order valence-electron chi connectivity index (χ3n) is 12.4. The van der Waals surface area contributed by atoms with Crippen molar-refractivity contribution in [3.05, 3.63) is 148 Å². The summed E-state index contributed by atoms with van der Waals surface area (Å²) in [6.45, 7) is 35.1. The van der Waals surface area contributed by atoms with Crippen LogP contribution in [0.2, 0.25) is 0 Å². The van der Waals surface area contributed by atoms with Crippen molar-refractivity contribution in [1.82, 2.24) is 9.13 Å². The molecule has 0 bridgehead atoms. The number of rotatable bonds is 3. The molecule has 2 aromatic heterocycles. The van der Waals surface area contributed by atoms with E-state index in [1.54, 1.807) is 0 Å². The minimum absolute atomic E-state index is 0.116. The highest BCUT2D eigenvalue weighted by Gasteiger charge is 2.32. The second-order valence-electron chi connectivity index (χ2n) is 20.9. The van der Waals surface area contributed by atoms with Crippen LogP contribution < -0.4 is 0 Å². The van der Waals surface area contributed by atoms with Crippen LogP contribution in [0.3, 0.4) is 0 Å². The number of fused-ring (bicyclic) bond motifs is 6. The van der Waals surface area contributed by atoms with E-state index in [0.29, 0.717) is 5.56 Å². The normalized spacial score (nSPS) is 13.0. The molecular formula is C55H53F3N4. The van der Waals surface area contributed by atoms with Gasteiger partial charge < -0.3 is 9.13 Å². The monoisotopic (exact) mass is 826 g/mol. The molecule has 7 heteroatoms. The number of benzene rings is 6. The van der Waals surface area contributed by atoms with E-state index in [9.17, 15) is 18.4 Å². The highest BCUT2D eigenvalue weighted by Crippen LogP contribution is 2.46. The van der Waals surface area contributed by atoms with Gasteiger partial charge in [-0.2, -0.15) is 18.4 Å². The Morgan fingerprint density at radius 1 is 0.452 bits per heavy atom. The average Bonchev–Trinajstić information content (AvgIpc) is 3.69. The van der Waals surface area contributed by atoms with Gasteiger partial charge in [0.2, 0.25) is 0 Å². The number of aromatic nitrogens is 2. The maximum absolute atomic E-state index is 14.0. The molecule has 0 aliphatic heterocycles. The Morgan fingerprint density at radius 3 is 1.10 bits per heavy atom. The second-order valence-corrected chi connectivity index (χ2v) is 20.9. The number of nitriles is 1. The van der Waals surface area contributed by atoms with Gasteiger partial charge in [-0.25, -0.2) is 4.85 Å². The maximum atomic E-state index is 14.0. The van der Waals surface area contributed by atoms with E-state index in [-0.39, 0.29) is 38.5 Å². The fourth-order valence-corrected chi connectivity index (χ4v) is 8.71. The van der Waals surface area contributed by atoms with E-state index in [1.807, 2.05) is 18.2 Å². The lowest BCUT2D eigenvalue weighted by molar-refractivity contribution is -0.137. The molecular weight excluding hydrogens is 774 g/mol. The molecule has 8 rings (SSSR count). The van der Waals surface area contributed by atoms with Crippen LogP contribution in [-0.2, 0) is 27.8 Å². The largest absolute Gasteiger partial charge is 0.416 e. The van der Waals surface area contributed by atoms with Crippen molar-refractivity contribution in [2.75, 3.05) is 0 Å². The maximum Gasteiger partial charge on any atom is 0.416 e. The van der Waals surface area contributed by atoms with E-state index in [0.717, 1.165) is 67.1 Å². The fourth-order valence-electron chi connectivity index (χ4n) is 8.71.